The summed E-state index contributed by atoms with van der Waals surface area (Å²) in [5.74, 6) is -0.211. The van der Waals surface area contributed by atoms with Crippen LogP contribution in [0.3, 0.4) is 0 Å². The Morgan fingerprint density at radius 2 is 2.19 bits per heavy atom. The third-order valence-electron chi connectivity index (χ3n) is 3.24. The molecule has 1 aliphatic carbocycles. The second-order valence-electron chi connectivity index (χ2n) is 5.22. The lowest BCUT2D eigenvalue weighted by Crippen LogP contribution is -2.45. The summed E-state index contributed by atoms with van der Waals surface area (Å²) in [6.07, 6.45) is 4.12. The van der Waals surface area contributed by atoms with Gasteiger partial charge in [-0.3, -0.25) is 9.52 Å². The molecule has 0 aromatic carbocycles. The van der Waals surface area contributed by atoms with Crippen LogP contribution < -0.4 is 10.0 Å². The molecule has 9 heteroatoms. The van der Waals surface area contributed by atoms with Crippen molar-refractivity contribution in [1.29, 1.82) is 0 Å². The zero-order valence-corrected chi connectivity index (χ0v) is 13.3. The Bertz CT molecular complexity index is 599. The van der Waals surface area contributed by atoms with Crippen molar-refractivity contribution < 1.29 is 18.3 Å². The Hall–Kier alpha value is -1.19. The molecule has 118 valence electrons. The summed E-state index contributed by atoms with van der Waals surface area (Å²) in [7, 11) is -3.36. The van der Waals surface area contributed by atoms with Gasteiger partial charge >= 0.3 is 0 Å². The minimum Gasteiger partial charge on any atom is -0.391 e. The van der Waals surface area contributed by atoms with Crippen LogP contribution in [-0.2, 0) is 21.2 Å². The van der Waals surface area contributed by atoms with Crippen LogP contribution in [-0.4, -0.2) is 42.8 Å². The Morgan fingerprint density at radius 3 is 2.86 bits per heavy atom. The number of nitrogens with zero attached hydrogens (tertiary/aromatic N) is 1. The van der Waals surface area contributed by atoms with Crippen LogP contribution in [0.2, 0.25) is 0 Å². The molecule has 21 heavy (non-hydrogen) atoms. The highest BCUT2D eigenvalue weighted by atomic mass is 32.2. The molecule has 0 radical (unpaired) electrons. The first kappa shape index (κ1) is 16.2. The molecule has 0 spiro atoms. The number of anilines is 1. The van der Waals surface area contributed by atoms with Gasteiger partial charge in [0.25, 0.3) is 0 Å². The van der Waals surface area contributed by atoms with Gasteiger partial charge in [-0.05, 0) is 12.8 Å². The van der Waals surface area contributed by atoms with Gasteiger partial charge in [0.15, 0.2) is 5.13 Å². The Labute approximate surface area is 127 Å². The fourth-order valence-electron chi connectivity index (χ4n) is 2.30. The predicted molar refractivity (Wildman–Crippen MR) is 80.7 cm³/mol. The standard InChI is InChI=1S/C12H19N3O4S2/c1-21(18,19)15-12-13-8(7-20-12)6-11(17)14-9-4-2-3-5-10(9)16/h7,9-10,16H,2-6H2,1H3,(H,13,15)(H,14,17)/t9-,10-/m0/s1. The van der Waals surface area contributed by atoms with E-state index in [0.29, 0.717) is 12.1 Å². The van der Waals surface area contributed by atoms with E-state index in [1.807, 2.05) is 0 Å². The fourth-order valence-corrected chi connectivity index (χ4v) is 3.86. The van der Waals surface area contributed by atoms with Gasteiger partial charge in [-0.1, -0.05) is 12.8 Å². The van der Waals surface area contributed by atoms with Crippen molar-refractivity contribution in [2.45, 2.75) is 44.2 Å². The van der Waals surface area contributed by atoms with Crippen molar-refractivity contribution in [3.63, 3.8) is 0 Å². The number of hydrogen-bond acceptors (Lipinski definition) is 6. The van der Waals surface area contributed by atoms with Gasteiger partial charge < -0.3 is 10.4 Å². The van der Waals surface area contributed by atoms with E-state index in [-0.39, 0.29) is 23.5 Å². The second-order valence-corrected chi connectivity index (χ2v) is 7.83. The summed E-state index contributed by atoms with van der Waals surface area (Å²) in [4.78, 5) is 16.0. The first-order valence-electron chi connectivity index (χ1n) is 6.73. The number of aromatic nitrogens is 1. The molecule has 1 aromatic heterocycles. The maximum absolute atomic E-state index is 11.9. The Morgan fingerprint density at radius 1 is 1.48 bits per heavy atom. The fraction of sp³-hybridized carbons (Fsp3) is 0.667. The average Bonchev–Trinajstić information content (AvgIpc) is 2.77. The van der Waals surface area contributed by atoms with Gasteiger partial charge in [0.05, 0.1) is 30.5 Å². The van der Waals surface area contributed by atoms with Crippen molar-refractivity contribution in [3.05, 3.63) is 11.1 Å². The quantitative estimate of drug-likeness (QED) is 0.726. The number of carbonyl (C=O) groups excluding carboxylic acids is 1. The number of aliphatic hydroxyl groups is 1. The minimum absolute atomic E-state index is 0.0746. The van der Waals surface area contributed by atoms with Crippen LogP contribution in [0.15, 0.2) is 5.38 Å². The topological polar surface area (TPSA) is 108 Å². The lowest BCUT2D eigenvalue weighted by Gasteiger charge is -2.28. The van der Waals surface area contributed by atoms with Crippen molar-refractivity contribution in [1.82, 2.24) is 10.3 Å². The summed E-state index contributed by atoms with van der Waals surface area (Å²) in [5, 5.41) is 14.5. The van der Waals surface area contributed by atoms with Gasteiger partial charge in [0, 0.05) is 5.38 Å². The summed E-state index contributed by atoms with van der Waals surface area (Å²) in [6.45, 7) is 0. The lowest BCUT2D eigenvalue weighted by molar-refractivity contribution is -0.122. The van der Waals surface area contributed by atoms with E-state index in [1.54, 1.807) is 5.38 Å². The number of carbonyl (C=O) groups is 1. The molecule has 1 aliphatic rings. The number of thiazole rings is 1. The molecule has 0 bridgehead atoms. The van der Waals surface area contributed by atoms with Crippen molar-refractivity contribution >= 4 is 32.4 Å². The third kappa shape index (κ3) is 5.25. The van der Waals surface area contributed by atoms with Crippen LogP contribution in [0.1, 0.15) is 31.4 Å². The second kappa shape index (κ2) is 6.71. The van der Waals surface area contributed by atoms with Gasteiger partial charge in [-0.15, -0.1) is 11.3 Å². The summed E-state index contributed by atoms with van der Waals surface area (Å²) < 4.78 is 24.4. The smallest absolute Gasteiger partial charge is 0.231 e. The van der Waals surface area contributed by atoms with Crippen LogP contribution in [0.25, 0.3) is 0 Å². The first-order chi connectivity index (χ1) is 9.83. The van der Waals surface area contributed by atoms with Crippen molar-refractivity contribution in [2.75, 3.05) is 11.0 Å². The van der Waals surface area contributed by atoms with Gasteiger partial charge in [0.1, 0.15) is 0 Å². The molecular weight excluding hydrogens is 314 g/mol. The molecule has 1 aromatic rings. The molecular formula is C12H19N3O4S2. The molecule has 7 nitrogen and oxygen atoms in total. The average molecular weight is 333 g/mol. The highest BCUT2D eigenvalue weighted by Gasteiger charge is 2.24. The number of aliphatic hydroxyl groups excluding tert-OH is 1. The highest BCUT2D eigenvalue weighted by molar-refractivity contribution is 7.92. The number of hydrogen-bond donors (Lipinski definition) is 3. The zero-order chi connectivity index (χ0) is 15.5. The normalized spacial score (nSPS) is 22.8. The molecule has 2 atom stereocenters. The van der Waals surface area contributed by atoms with E-state index in [4.69, 9.17) is 0 Å². The van der Waals surface area contributed by atoms with Crippen LogP contribution in [0, 0.1) is 0 Å². The molecule has 1 fully saturated rings. The van der Waals surface area contributed by atoms with E-state index >= 15 is 0 Å². The maximum Gasteiger partial charge on any atom is 0.231 e. The summed E-state index contributed by atoms with van der Waals surface area (Å²) in [6, 6.07) is -0.196. The summed E-state index contributed by atoms with van der Waals surface area (Å²) >= 11 is 1.13. The lowest BCUT2D eigenvalue weighted by atomic mass is 9.92. The third-order valence-corrected chi connectivity index (χ3v) is 4.74. The number of sulfonamides is 1. The van der Waals surface area contributed by atoms with E-state index in [9.17, 15) is 18.3 Å². The molecule has 0 unspecified atom stereocenters. The number of rotatable bonds is 5. The maximum atomic E-state index is 11.9. The van der Waals surface area contributed by atoms with E-state index in [1.165, 1.54) is 0 Å². The largest absolute Gasteiger partial charge is 0.391 e. The zero-order valence-electron chi connectivity index (χ0n) is 11.7. The first-order valence-corrected chi connectivity index (χ1v) is 9.50. The summed E-state index contributed by atoms with van der Waals surface area (Å²) in [5.41, 5.74) is 0.508. The van der Waals surface area contributed by atoms with Crippen LogP contribution >= 0.6 is 11.3 Å². The van der Waals surface area contributed by atoms with E-state index < -0.39 is 16.1 Å². The monoisotopic (exact) mass is 333 g/mol. The van der Waals surface area contributed by atoms with Gasteiger partial charge in [-0.2, -0.15) is 0 Å². The molecule has 1 saturated carbocycles. The molecule has 1 heterocycles. The van der Waals surface area contributed by atoms with E-state index in [2.05, 4.69) is 15.0 Å². The van der Waals surface area contributed by atoms with Crippen molar-refractivity contribution in [2.24, 2.45) is 0 Å². The predicted octanol–water partition coefficient (Wildman–Crippen LogP) is 0.477. The molecule has 3 N–H and O–H groups in total. The number of amides is 1. The van der Waals surface area contributed by atoms with Crippen molar-refractivity contribution in [3.8, 4) is 0 Å². The number of nitrogens with one attached hydrogen (secondary N) is 2. The minimum atomic E-state index is -3.36. The molecule has 0 aliphatic heterocycles. The molecule has 2 rings (SSSR count). The van der Waals surface area contributed by atoms with Crippen LogP contribution in [0.4, 0.5) is 5.13 Å². The molecule has 1 amide bonds. The Balaban J connectivity index is 1.88. The van der Waals surface area contributed by atoms with Gasteiger partial charge in [0.2, 0.25) is 15.9 Å². The molecule has 0 saturated heterocycles. The Kier molecular flexibility index (Phi) is 5.17. The van der Waals surface area contributed by atoms with E-state index in [0.717, 1.165) is 36.9 Å². The van der Waals surface area contributed by atoms with Gasteiger partial charge in [-0.25, -0.2) is 13.4 Å². The SMILES string of the molecule is CS(=O)(=O)Nc1nc(CC(=O)N[C@H]2CCCC[C@@H]2O)cs1. The highest BCUT2D eigenvalue weighted by Crippen LogP contribution is 2.19. The van der Waals surface area contributed by atoms with Crippen LogP contribution in [0.5, 0.6) is 0 Å².